The van der Waals surface area contributed by atoms with E-state index in [-0.39, 0.29) is 0 Å². The van der Waals surface area contributed by atoms with Gasteiger partial charge in [0, 0.05) is 11.6 Å². The summed E-state index contributed by atoms with van der Waals surface area (Å²) in [6, 6.07) is 2.49. The van der Waals surface area contributed by atoms with Crippen molar-refractivity contribution < 1.29 is 9.47 Å². The average molecular weight is 284 g/mol. The number of ether oxygens (including phenoxy) is 2. The van der Waals surface area contributed by atoms with Crippen LogP contribution in [0.3, 0.4) is 0 Å². The second-order valence-electron chi connectivity index (χ2n) is 5.06. The SMILES string of the molecule is COc1c(Cl)cc(CC2CCCCN2)c(OC)c1C. The number of halogens is 1. The van der Waals surface area contributed by atoms with Crippen LogP contribution >= 0.6 is 11.6 Å². The third-order valence-electron chi connectivity index (χ3n) is 3.78. The van der Waals surface area contributed by atoms with Crippen molar-refractivity contribution in [2.75, 3.05) is 20.8 Å². The third-order valence-corrected chi connectivity index (χ3v) is 4.06. The summed E-state index contributed by atoms with van der Waals surface area (Å²) in [6.07, 6.45) is 4.73. The van der Waals surface area contributed by atoms with Gasteiger partial charge in [0.1, 0.15) is 11.5 Å². The summed E-state index contributed by atoms with van der Waals surface area (Å²) in [5, 5.41) is 4.22. The molecule has 1 aromatic rings. The van der Waals surface area contributed by atoms with E-state index in [2.05, 4.69) is 5.32 Å². The molecule has 1 aliphatic heterocycles. The molecule has 1 heterocycles. The van der Waals surface area contributed by atoms with E-state index in [0.29, 0.717) is 16.8 Å². The zero-order valence-corrected chi connectivity index (χ0v) is 12.6. The van der Waals surface area contributed by atoms with Gasteiger partial charge in [-0.2, -0.15) is 0 Å². The molecule has 3 nitrogen and oxygen atoms in total. The largest absolute Gasteiger partial charge is 0.496 e. The van der Waals surface area contributed by atoms with Crippen LogP contribution in [-0.2, 0) is 6.42 Å². The second-order valence-corrected chi connectivity index (χ2v) is 5.47. The van der Waals surface area contributed by atoms with E-state index in [1.165, 1.54) is 19.3 Å². The molecule has 106 valence electrons. The molecule has 0 aliphatic carbocycles. The molecule has 0 bridgehead atoms. The van der Waals surface area contributed by atoms with Gasteiger partial charge in [0.05, 0.1) is 19.2 Å². The van der Waals surface area contributed by atoms with E-state index in [4.69, 9.17) is 21.1 Å². The number of rotatable bonds is 4. The summed E-state index contributed by atoms with van der Waals surface area (Å²) < 4.78 is 10.9. The maximum Gasteiger partial charge on any atom is 0.144 e. The van der Waals surface area contributed by atoms with Gasteiger partial charge in [-0.1, -0.05) is 18.0 Å². The van der Waals surface area contributed by atoms with Crippen LogP contribution in [0, 0.1) is 6.92 Å². The molecule has 19 heavy (non-hydrogen) atoms. The topological polar surface area (TPSA) is 30.5 Å². The van der Waals surface area contributed by atoms with Crippen molar-refractivity contribution in [3.8, 4) is 11.5 Å². The molecule has 1 atom stereocenters. The number of hydrogen-bond acceptors (Lipinski definition) is 3. The minimum absolute atomic E-state index is 0.520. The first-order chi connectivity index (χ1) is 9.17. The Hall–Kier alpha value is -0.930. The average Bonchev–Trinajstić information content (AvgIpc) is 2.40. The summed E-state index contributed by atoms with van der Waals surface area (Å²) in [4.78, 5) is 0. The van der Waals surface area contributed by atoms with Crippen LogP contribution in [-0.4, -0.2) is 26.8 Å². The van der Waals surface area contributed by atoms with E-state index in [0.717, 1.165) is 29.8 Å². The zero-order valence-electron chi connectivity index (χ0n) is 11.9. The molecule has 1 N–H and O–H groups in total. The minimum Gasteiger partial charge on any atom is -0.496 e. The van der Waals surface area contributed by atoms with E-state index in [1.54, 1.807) is 14.2 Å². The summed E-state index contributed by atoms with van der Waals surface area (Å²) in [6.45, 7) is 3.09. The standard InChI is InChI=1S/C15H22ClNO2/c1-10-14(18-2)11(9-13(16)15(10)19-3)8-12-6-4-5-7-17-12/h9,12,17H,4-8H2,1-3H3. The van der Waals surface area contributed by atoms with Crippen LogP contribution in [0.4, 0.5) is 0 Å². The highest BCUT2D eigenvalue weighted by atomic mass is 35.5. The first-order valence-electron chi connectivity index (χ1n) is 6.80. The Morgan fingerprint density at radius 2 is 2.00 bits per heavy atom. The van der Waals surface area contributed by atoms with Crippen molar-refractivity contribution in [1.82, 2.24) is 5.32 Å². The number of nitrogens with one attached hydrogen (secondary N) is 1. The number of hydrogen-bond donors (Lipinski definition) is 1. The molecule has 0 saturated carbocycles. The Kier molecular flexibility index (Phi) is 4.94. The highest BCUT2D eigenvalue weighted by Gasteiger charge is 2.20. The van der Waals surface area contributed by atoms with Crippen LogP contribution in [0.2, 0.25) is 5.02 Å². The van der Waals surface area contributed by atoms with Gasteiger partial charge in [0.2, 0.25) is 0 Å². The fourth-order valence-electron chi connectivity index (χ4n) is 2.86. The van der Waals surface area contributed by atoms with E-state index < -0.39 is 0 Å². The Morgan fingerprint density at radius 3 is 2.58 bits per heavy atom. The molecule has 2 rings (SSSR count). The molecular weight excluding hydrogens is 262 g/mol. The van der Waals surface area contributed by atoms with Gasteiger partial charge in [0.15, 0.2) is 0 Å². The lowest BCUT2D eigenvalue weighted by molar-refractivity contribution is 0.372. The lowest BCUT2D eigenvalue weighted by Gasteiger charge is -2.25. The third kappa shape index (κ3) is 3.15. The smallest absolute Gasteiger partial charge is 0.144 e. The van der Waals surface area contributed by atoms with E-state index in [1.807, 2.05) is 13.0 Å². The highest BCUT2D eigenvalue weighted by molar-refractivity contribution is 6.32. The number of piperidine rings is 1. The normalized spacial score (nSPS) is 19.3. The Labute approximate surface area is 120 Å². The van der Waals surface area contributed by atoms with Crippen LogP contribution in [0.5, 0.6) is 11.5 Å². The predicted molar refractivity (Wildman–Crippen MR) is 78.6 cm³/mol. The number of benzene rings is 1. The van der Waals surface area contributed by atoms with Gasteiger partial charge in [-0.25, -0.2) is 0 Å². The highest BCUT2D eigenvalue weighted by Crippen LogP contribution is 2.38. The quantitative estimate of drug-likeness (QED) is 0.919. The van der Waals surface area contributed by atoms with Crippen LogP contribution in [0.25, 0.3) is 0 Å². The van der Waals surface area contributed by atoms with Crippen LogP contribution in [0.1, 0.15) is 30.4 Å². The number of methoxy groups -OCH3 is 2. The van der Waals surface area contributed by atoms with Crippen LogP contribution < -0.4 is 14.8 Å². The van der Waals surface area contributed by atoms with Crippen molar-refractivity contribution in [3.63, 3.8) is 0 Å². The van der Waals surface area contributed by atoms with Crippen LogP contribution in [0.15, 0.2) is 6.07 Å². The summed E-state index contributed by atoms with van der Waals surface area (Å²) in [5.41, 5.74) is 2.13. The van der Waals surface area contributed by atoms with E-state index in [9.17, 15) is 0 Å². The molecule has 0 amide bonds. The fourth-order valence-corrected chi connectivity index (χ4v) is 3.21. The van der Waals surface area contributed by atoms with Crippen molar-refractivity contribution in [1.29, 1.82) is 0 Å². The Morgan fingerprint density at radius 1 is 1.26 bits per heavy atom. The monoisotopic (exact) mass is 283 g/mol. The molecule has 0 aromatic heterocycles. The van der Waals surface area contributed by atoms with Gasteiger partial charge in [-0.15, -0.1) is 0 Å². The predicted octanol–water partition coefficient (Wildman–Crippen LogP) is 3.35. The molecule has 1 saturated heterocycles. The second kappa shape index (κ2) is 6.49. The summed E-state index contributed by atoms with van der Waals surface area (Å²) >= 11 is 6.28. The Balaban J connectivity index is 2.28. The molecular formula is C15H22ClNO2. The van der Waals surface area contributed by atoms with E-state index >= 15 is 0 Å². The summed E-state index contributed by atoms with van der Waals surface area (Å²) in [5.74, 6) is 1.60. The molecule has 1 unspecified atom stereocenters. The first-order valence-corrected chi connectivity index (χ1v) is 7.18. The summed E-state index contributed by atoms with van der Waals surface area (Å²) in [7, 11) is 3.34. The molecule has 1 aliphatic rings. The van der Waals surface area contributed by atoms with Gasteiger partial charge in [0.25, 0.3) is 0 Å². The molecule has 1 aromatic carbocycles. The molecule has 1 fully saturated rings. The van der Waals surface area contributed by atoms with Gasteiger partial charge in [-0.3, -0.25) is 0 Å². The lowest BCUT2D eigenvalue weighted by atomic mass is 9.96. The molecule has 4 heteroatoms. The molecule has 0 radical (unpaired) electrons. The van der Waals surface area contributed by atoms with Crippen molar-refractivity contribution in [3.05, 3.63) is 22.2 Å². The maximum atomic E-state index is 6.28. The van der Waals surface area contributed by atoms with Gasteiger partial charge >= 0.3 is 0 Å². The lowest BCUT2D eigenvalue weighted by Crippen LogP contribution is -2.35. The molecule has 0 spiro atoms. The Bertz CT molecular complexity index is 442. The zero-order chi connectivity index (χ0) is 13.8. The fraction of sp³-hybridized carbons (Fsp3) is 0.600. The van der Waals surface area contributed by atoms with Gasteiger partial charge in [-0.05, 0) is 44.4 Å². The van der Waals surface area contributed by atoms with Gasteiger partial charge < -0.3 is 14.8 Å². The van der Waals surface area contributed by atoms with Crippen molar-refractivity contribution in [2.45, 2.75) is 38.6 Å². The van der Waals surface area contributed by atoms with Crippen molar-refractivity contribution in [2.24, 2.45) is 0 Å². The maximum absolute atomic E-state index is 6.28. The van der Waals surface area contributed by atoms with Crippen molar-refractivity contribution >= 4 is 11.6 Å². The first kappa shape index (κ1) is 14.5. The minimum atomic E-state index is 0.520.